The Morgan fingerprint density at radius 1 is 0.438 bits per heavy atom. The van der Waals surface area contributed by atoms with E-state index in [9.17, 15) is 8.22 Å². The minimum absolute atomic E-state index is 0.209. The quantitative estimate of drug-likeness (QED) is 0.161. The van der Waals surface area contributed by atoms with E-state index in [0.29, 0.717) is 39.2 Å². The van der Waals surface area contributed by atoms with Gasteiger partial charge in [-0.1, -0.05) is 208 Å². The molecular weight excluding hydrogens is 791 g/mol. The van der Waals surface area contributed by atoms with Crippen LogP contribution in [0.3, 0.4) is 0 Å². The Kier molecular flexibility index (Phi) is 6.67. The number of hydrogen-bond acceptors (Lipinski definition) is 2. The van der Waals surface area contributed by atoms with Crippen molar-refractivity contribution in [3.63, 3.8) is 0 Å². The molecular formula is C62H43NS. The largest absolute Gasteiger partial charge is 0.310 e. The third kappa shape index (κ3) is 5.18. The van der Waals surface area contributed by atoms with Crippen molar-refractivity contribution in [2.75, 3.05) is 4.90 Å². The molecule has 0 atom stereocenters. The van der Waals surface area contributed by atoms with Gasteiger partial charge in [-0.15, -0.1) is 11.3 Å². The SMILES string of the molecule is [2H]c1c([2H])c([2H])c2c(c1[2H])-c1c(N(c3ccc(-c4cccc5c4sc4c6ccccc6ccc54)cc3)c3ccc4c(c3)C(C)(C)c3ccccc3-4)c([2H])c([2H])c([2H])c1C2(c1ccccc1)c1ccccc1. The molecule has 10 aromatic carbocycles. The topological polar surface area (TPSA) is 3.24 Å². The number of rotatable bonds is 6. The molecule has 1 heterocycles. The molecule has 0 unspecified atom stereocenters. The van der Waals surface area contributed by atoms with Crippen LogP contribution in [0.15, 0.2) is 224 Å². The molecule has 0 saturated carbocycles. The monoisotopic (exact) mass is 840 g/mol. The smallest absolute Gasteiger partial charge is 0.0714 e. The maximum absolute atomic E-state index is 10.1. The second kappa shape index (κ2) is 14.0. The van der Waals surface area contributed by atoms with Gasteiger partial charge in [0.05, 0.1) is 20.7 Å². The normalized spacial score (nSPS) is 15.6. The first-order valence-corrected chi connectivity index (χ1v) is 22.6. The summed E-state index contributed by atoms with van der Waals surface area (Å²) >= 11 is 1.80. The van der Waals surface area contributed by atoms with Crippen molar-refractivity contribution in [2.45, 2.75) is 24.7 Å². The molecule has 302 valence electrons. The highest BCUT2D eigenvalue weighted by molar-refractivity contribution is 7.27. The highest BCUT2D eigenvalue weighted by Crippen LogP contribution is 2.60. The first-order chi connectivity index (χ1) is 34.4. The molecule has 11 aromatic rings. The Bertz CT molecular complexity index is 4010. The summed E-state index contributed by atoms with van der Waals surface area (Å²) in [6.45, 7) is 4.45. The molecule has 0 aliphatic heterocycles. The molecule has 13 rings (SSSR count). The second-order valence-electron chi connectivity index (χ2n) is 17.4. The van der Waals surface area contributed by atoms with Gasteiger partial charge in [-0.2, -0.15) is 0 Å². The number of anilines is 3. The van der Waals surface area contributed by atoms with Crippen LogP contribution in [-0.2, 0) is 10.8 Å². The van der Waals surface area contributed by atoms with Crippen molar-refractivity contribution in [1.29, 1.82) is 0 Å². The first kappa shape index (κ1) is 30.5. The van der Waals surface area contributed by atoms with Crippen molar-refractivity contribution in [1.82, 2.24) is 0 Å². The Balaban J connectivity index is 1.12. The standard InChI is InChI=1S/C62H43NS/c1-61(2)53-27-13-11-23-48(53)49-38-36-45(39-56(49)61)63(44-34-31-41(32-35-44)47-25-15-26-50-51-37-33-40-17-9-10-22-46(40)60(51)64-59(47)50)57-30-16-29-55-58(57)52-24-12-14-28-54(52)62(55,42-18-5-3-6-19-42)43-20-7-4-8-21-43/h3-39H,1-2H3/i12D,14D,16D,24D,28D,29D,30D. The molecule has 2 aliphatic rings. The van der Waals surface area contributed by atoms with E-state index in [1.54, 1.807) is 11.3 Å². The predicted octanol–water partition coefficient (Wildman–Crippen LogP) is 17.0. The molecule has 1 aromatic heterocycles. The minimum Gasteiger partial charge on any atom is -0.310 e. The van der Waals surface area contributed by atoms with Crippen LogP contribution >= 0.6 is 11.3 Å². The van der Waals surface area contributed by atoms with Crippen molar-refractivity contribution < 1.29 is 9.60 Å². The van der Waals surface area contributed by atoms with Crippen LogP contribution < -0.4 is 4.90 Å². The molecule has 0 N–H and O–H groups in total. The van der Waals surface area contributed by atoms with E-state index in [2.05, 4.69) is 123 Å². The van der Waals surface area contributed by atoms with Crippen LogP contribution in [0.5, 0.6) is 0 Å². The van der Waals surface area contributed by atoms with Crippen LogP contribution in [0.25, 0.3) is 64.3 Å². The molecule has 2 aliphatic carbocycles. The Labute approximate surface area is 388 Å². The summed E-state index contributed by atoms with van der Waals surface area (Å²) < 4.78 is 70.3. The van der Waals surface area contributed by atoms with Gasteiger partial charge in [0.1, 0.15) is 0 Å². The number of benzene rings is 10. The van der Waals surface area contributed by atoms with E-state index in [1.165, 1.54) is 36.5 Å². The Morgan fingerprint density at radius 2 is 1.08 bits per heavy atom. The summed E-state index contributed by atoms with van der Waals surface area (Å²) in [6, 6.07) is 59.6. The molecule has 2 heteroatoms. The lowest BCUT2D eigenvalue weighted by Crippen LogP contribution is -2.28. The predicted molar refractivity (Wildman–Crippen MR) is 272 cm³/mol. The molecule has 0 bridgehead atoms. The summed E-state index contributed by atoms with van der Waals surface area (Å²) in [6.07, 6.45) is 0. The fraction of sp³-hybridized carbons (Fsp3) is 0.0645. The summed E-state index contributed by atoms with van der Waals surface area (Å²) in [5.74, 6) is 0. The van der Waals surface area contributed by atoms with E-state index >= 15 is 0 Å². The van der Waals surface area contributed by atoms with E-state index in [1.807, 2.05) is 77.7 Å². The summed E-state index contributed by atoms with van der Waals surface area (Å²) in [4.78, 5) is 1.99. The average molecular weight is 841 g/mol. The molecule has 64 heavy (non-hydrogen) atoms. The first-order valence-electron chi connectivity index (χ1n) is 25.3. The number of hydrogen-bond donors (Lipinski definition) is 0. The van der Waals surface area contributed by atoms with Gasteiger partial charge in [0, 0.05) is 42.5 Å². The van der Waals surface area contributed by atoms with Crippen LogP contribution in [0.2, 0.25) is 0 Å². The van der Waals surface area contributed by atoms with Gasteiger partial charge in [-0.25, -0.2) is 0 Å². The minimum atomic E-state index is -1.47. The zero-order valence-electron chi connectivity index (χ0n) is 42.2. The van der Waals surface area contributed by atoms with Gasteiger partial charge in [-0.3, -0.25) is 0 Å². The van der Waals surface area contributed by atoms with E-state index in [0.717, 1.165) is 27.8 Å². The highest BCUT2D eigenvalue weighted by atomic mass is 32.1. The van der Waals surface area contributed by atoms with Gasteiger partial charge in [-0.05, 0) is 102 Å². The van der Waals surface area contributed by atoms with Crippen LogP contribution in [-0.4, -0.2) is 0 Å². The number of fused-ring (bicyclic) bond motifs is 11. The molecule has 1 nitrogen and oxygen atoms in total. The lowest BCUT2D eigenvalue weighted by molar-refractivity contribution is 0.660. The fourth-order valence-corrected chi connectivity index (χ4v) is 12.3. The van der Waals surface area contributed by atoms with Crippen molar-refractivity contribution in [3.05, 3.63) is 258 Å². The summed E-state index contributed by atoms with van der Waals surface area (Å²) in [5.41, 5.74) is 9.04. The highest BCUT2D eigenvalue weighted by Gasteiger charge is 2.47. The van der Waals surface area contributed by atoms with Crippen LogP contribution in [0.4, 0.5) is 17.1 Å². The Hall–Kier alpha value is -7.52. The van der Waals surface area contributed by atoms with Crippen LogP contribution in [0.1, 0.15) is 56.8 Å². The zero-order valence-corrected chi connectivity index (χ0v) is 36.0. The van der Waals surface area contributed by atoms with E-state index < -0.39 is 17.5 Å². The number of thiophene rings is 1. The van der Waals surface area contributed by atoms with Gasteiger partial charge in [0.2, 0.25) is 0 Å². The maximum atomic E-state index is 10.1. The number of nitrogens with zero attached hydrogens (tertiary/aromatic N) is 1. The third-order valence-corrected chi connectivity index (χ3v) is 15.1. The van der Waals surface area contributed by atoms with Gasteiger partial charge >= 0.3 is 0 Å². The van der Waals surface area contributed by atoms with Crippen LogP contribution in [0, 0.1) is 0 Å². The Morgan fingerprint density at radius 3 is 1.89 bits per heavy atom. The molecule has 0 saturated heterocycles. The summed E-state index contributed by atoms with van der Waals surface area (Å²) in [5, 5.41) is 4.84. The summed E-state index contributed by atoms with van der Waals surface area (Å²) in [7, 11) is 0. The lowest BCUT2D eigenvalue weighted by atomic mass is 9.68. The van der Waals surface area contributed by atoms with Gasteiger partial charge < -0.3 is 4.90 Å². The fourth-order valence-electron chi connectivity index (χ4n) is 10.9. The zero-order chi connectivity index (χ0) is 48.7. The second-order valence-corrected chi connectivity index (χ2v) is 18.5. The van der Waals surface area contributed by atoms with Gasteiger partial charge in [0.15, 0.2) is 0 Å². The third-order valence-electron chi connectivity index (χ3n) is 13.8. The van der Waals surface area contributed by atoms with E-state index in [-0.39, 0.29) is 46.9 Å². The van der Waals surface area contributed by atoms with Crippen molar-refractivity contribution in [2.24, 2.45) is 0 Å². The average Bonchev–Trinajstić information content (AvgIpc) is 4.03. The maximum Gasteiger partial charge on any atom is 0.0714 e. The van der Waals surface area contributed by atoms with Crippen molar-refractivity contribution >= 4 is 59.3 Å². The van der Waals surface area contributed by atoms with Crippen molar-refractivity contribution in [3.8, 4) is 33.4 Å². The van der Waals surface area contributed by atoms with Gasteiger partial charge in [0.25, 0.3) is 0 Å². The molecule has 0 fully saturated rings. The van der Waals surface area contributed by atoms with E-state index in [4.69, 9.17) is 1.37 Å². The molecule has 0 spiro atoms. The lowest BCUT2D eigenvalue weighted by Gasteiger charge is -2.34. The molecule has 0 amide bonds. The molecule has 0 radical (unpaired) electrons.